The second-order valence-electron chi connectivity index (χ2n) is 4.43. The van der Waals surface area contributed by atoms with Crippen molar-refractivity contribution in [2.75, 3.05) is 7.11 Å². The first kappa shape index (κ1) is 13.6. The Morgan fingerprint density at radius 2 is 1.95 bits per heavy atom. The van der Waals surface area contributed by atoms with Crippen LogP contribution in [0.4, 0.5) is 4.39 Å². The monoisotopic (exact) mass is 302 g/mol. The number of methoxy groups -OCH3 is 1. The molecule has 106 valence electrons. The van der Waals surface area contributed by atoms with Crippen molar-refractivity contribution in [3.63, 3.8) is 0 Å². The van der Waals surface area contributed by atoms with Gasteiger partial charge in [-0.25, -0.2) is 9.18 Å². The van der Waals surface area contributed by atoms with E-state index in [1.807, 2.05) is 18.2 Å². The Balaban J connectivity index is 2.39. The van der Waals surface area contributed by atoms with Crippen molar-refractivity contribution >= 4 is 27.4 Å². The second kappa shape index (κ2) is 5.18. The molecule has 0 atom stereocenters. The van der Waals surface area contributed by atoms with Crippen molar-refractivity contribution in [1.29, 1.82) is 0 Å². The van der Waals surface area contributed by atoms with E-state index in [2.05, 4.69) is 0 Å². The summed E-state index contributed by atoms with van der Waals surface area (Å²) in [6, 6.07) is 12.0. The van der Waals surface area contributed by atoms with E-state index in [4.69, 9.17) is 4.74 Å². The molecule has 0 fully saturated rings. The van der Waals surface area contributed by atoms with Crippen LogP contribution in [-0.4, -0.2) is 18.2 Å². The summed E-state index contributed by atoms with van der Waals surface area (Å²) < 4.78 is 20.3. The highest BCUT2D eigenvalue weighted by atomic mass is 32.1. The number of carbonyl (C=O) groups is 1. The minimum Gasteiger partial charge on any atom is -0.494 e. The normalized spacial score (nSPS) is 10.8. The number of halogens is 1. The molecule has 21 heavy (non-hydrogen) atoms. The van der Waals surface area contributed by atoms with Crippen LogP contribution in [0.1, 0.15) is 9.67 Å². The Morgan fingerprint density at radius 3 is 2.67 bits per heavy atom. The molecule has 0 unspecified atom stereocenters. The number of carboxylic acid groups (broad SMARTS) is 1. The van der Waals surface area contributed by atoms with E-state index >= 15 is 0 Å². The molecule has 1 N–H and O–H groups in total. The Bertz CT molecular complexity index is 839. The molecule has 0 aliphatic carbocycles. The van der Waals surface area contributed by atoms with Gasteiger partial charge in [-0.2, -0.15) is 0 Å². The summed E-state index contributed by atoms with van der Waals surface area (Å²) in [6.07, 6.45) is 0. The van der Waals surface area contributed by atoms with Gasteiger partial charge in [0.15, 0.2) is 11.6 Å². The first-order valence-electron chi connectivity index (χ1n) is 6.21. The summed E-state index contributed by atoms with van der Waals surface area (Å²) >= 11 is 1.14. The van der Waals surface area contributed by atoms with E-state index in [0.717, 1.165) is 21.4 Å². The van der Waals surface area contributed by atoms with Crippen LogP contribution in [-0.2, 0) is 0 Å². The lowest BCUT2D eigenvalue weighted by atomic mass is 10.0. The van der Waals surface area contributed by atoms with Crippen molar-refractivity contribution < 1.29 is 19.0 Å². The van der Waals surface area contributed by atoms with Gasteiger partial charge in [-0.1, -0.05) is 30.3 Å². The van der Waals surface area contributed by atoms with Gasteiger partial charge in [0.2, 0.25) is 0 Å². The lowest BCUT2D eigenvalue weighted by Gasteiger charge is -2.08. The molecule has 1 aromatic heterocycles. The fraction of sp³-hybridized carbons (Fsp3) is 0.0625. The minimum absolute atomic E-state index is 0.0964. The van der Waals surface area contributed by atoms with Crippen molar-refractivity contribution in [3.05, 3.63) is 53.2 Å². The predicted molar refractivity (Wildman–Crippen MR) is 80.7 cm³/mol. The summed E-state index contributed by atoms with van der Waals surface area (Å²) in [5.41, 5.74) is 0.642. The molecular weight excluding hydrogens is 291 g/mol. The van der Waals surface area contributed by atoms with Crippen molar-refractivity contribution in [2.24, 2.45) is 0 Å². The van der Waals surface area contributed by atoms with E-state index < -0.39 is 11.8 Å². The molecule has 1 heterocycles. The summed E-state index contributed by atoms with van der Waals surface area (Å²) in [5, 5.41) is 10.1. The van der Waals surface area contributed by atoms with Gasteiger partial charge >= 0.3 is 5.97 Å². The molecule has 3 rings (SSSR count). The van der Waals surface area contributed by atoms with E-state index in [1.165, 1.54) is 13.2 Å². The molecule has 0 amide bonds. The van der Waals surface area contributed by atoms with Gasteiger partial charge in [0.05, 0.1) is 7.11 Å². The Kier molecular flexibility index (Phi) is 3.35. The summed E-state index contributed by atoms with van der Waals surface area (Å²) in [5.74, 6) is -1.52. The molecule has 0 bridgehead atoms. The number of thiophene rings is 1. The standard InChI is InChI=1S/C16H11FO3S/c1-20-11-7-4-6-10(14(11)17)13-9-5-2-3-8-12(9)21-15(13)16(18)19/h2-8H,1H3,(H,18,19). The zero-order chi connectivity index (χ0) is 15.0. The number of hydrogen-bond acceptors (Lipinski definition) is 3. The number of ether oxygens (including phenoxy) is 1. The van der Waals surface area contributed by atoms with Crippen molar-refractivity contribution in [1.82, 2.24) is 0 Å². The lowest BCUT2D eigenvalue weighted by Crippen LogP contribution is -1.97. The highest BCUT2D eigenvalue weighted by Crippen LogP contribution is 2.41. The molecule has 0 aliphatic rings. The molecule has 0 aliphatic heterocycles. The van der Waals surface area contributed by atoms with E-state index in [-0.39, 0.29) is 16.2 Å². The van der Waals surface area contributed by atoms with Crippen molar-refractivity contribution in [2.45, 2.75) is 0 Å². The maximum Gasteiger partial charge on any atom is 0.346 e. The molecular formula is C16H11FO3S. The third kappa shape index (κ3) is 2.15. The largest absolute Gasteiger partial charge is 0.494 e. The number of carboxylic acids is 1. The summed E-state index contributed by atoms with van der Waals surface area (Å²) in [7, 11) is 1.38. The zero-order valence-electron chi connectivity index (χ0n) is 11.1. The van der Waals surface area contributed by atoms with Gasteiger partial charge in [0, 0.05) is 21.2 Å². The minimum atomic E-state index is -1.06. The number of aromatic carboxylic acids is 1. The quantitative estimate of drug-likeness (QED) is 0.779. The highest BCUT2D eigenvalue weighted by Gasteiger charge is 2.22. The van der Waals surface area contributed by atoms with Crippen LogP contribution in [0, 0.1) is 5.82 Å². The van der Waals surface area contributed by atoms with Gasteiger partial charge in [-0.05, 0) is 12.1 Å². The predicted octanol–water partition coefficient (Wildman–Crippen LogP) is 4.41. The number of hydrogen-bond donors (Lipinski definition) is 1. The average molecular weight is 302 g/mol. The number of fused-ring (bicyclic) bond motifs is 1. The van der Waals surface area contributed by atoms with Crippen LogP contribution in [0.15, 0.2) is 42.5 Å². The van der Waals surface area contributed by atoms with E-state index in [1.54, 1.807) is 18.2 Å². The molecule has 3 aromatic rings. The average Bonchev–Trinajstić information content (AvgIpc) is 2.87. The maximum atomic E-state index is 14.5. The Labute approximate surface area is 124 Å². The van der Waals surface area contributed by atoms with Gasteiger partial charge in [-0.3, -0.25) is 0 Å². The van der Waals surface area contributed by atoms with E-state index in [0.29, 0.717) is 5.56 Å². The fourth-order valence-electron chi connectivity index (χ4n) is 2.32. The van der Waals surface area contributed by atoms with Crippen LogP contribution in [0.3, 0.4) is 0 Å². The van der Waals surface area contributed by atoms with Gasteiger partial charge in [0.25, 0.3) is 0 Å². The number of benzene rings is 2. The first-order chi connectivity index (χ1) is 10.1. The molecule has 5 heteroatoms. The zero-order valence-corrected chi connectivity index (χ0v) is 11.9. The molecule has 0 saturated heterocycles. The summed E-state index contributed by atoms with van der Waals surface area (Å²) in [4.78, 5) is 11.6. The Hall–Kier alpha value is -2.40. The van der Waals surface area contributed by atoms with Crippen LogP contribution in [0.5, 0.6) is 5.75 Å². The highest BCUT2D eigenvalue weighted by molar-refractivity contribution is 7.21. The van der Waals surface area contributed by atoms with E-state index in [9.17, 15) is 14.3 Å². The third-order valence-electron chi connectivity index (χ3n) is 3.24. The number of rotatable bonds is 3. The topological polar surface area (TPSA) is 46.5 Å². The molecule has 0 saturated carbocycles. The van der Waals surface area contributed by atoms with Gasteiger partial charge < -0.3 is 9.84 Å². The van der Waals surface area contributed by atoms with Crippen LogP contribution < -0.4 is 4.74 Å². The Morgan fingerprint density at radius 1 is 1.19 bits per heavy atom. The van der Waals surface area contributed by atoms with Crippen LogP contribution >= 0.6 is 11.3 Å². The second-order valence-corrected chi connectivity index (χ2v) is 5.48. The fourth-order valence-corrected chi connectivity index (χ4v) is 3.38. The smallest absolute Gasteiger partial charge is 0.346 e. The summed E-state index contributed by atoms with van der Waals surface area (Å²) in [6.45, 7) is 0. The van der Waals surface area contributed by atoms with Gasteiger partial charge in [-0.15, -0.1) is 11.3 Å². The van der Waals surface area contributed by atoms with Crippen molar-refractivity contribution in [3.8, 4) is 16.9 Å². The van der Waals surface area contributed by atoms with Gasteiger partial charge in [0.1, 0.15) is 4.88 Å². The first-order valence-corrected chi connectivity index (χ1v) is 7.03. The SMILES string of the molecule is COc1cccc(-c2c(C(=O)O)sc3ccccc23)c1F. The lowest BCUT2D eigenvalue weighted by molar-refractivity contribution is 0.0703. The van der Waals surface area contributed by atoms with Crippen LogP contribution in [0.2, 0.25) is 0 Å². The molecule has 3 nitrogen and oxygen atoms in total. The maximum absolute atomic E-state index is 14.5. The molecule has 0 radical (unpaired) electrons. The molecule has 2 aromatic carbocycles. The third-order valence-corrected chi connectivity index (χ3v) is 4.40. The van der Waals surface area contributed by atoms with Crippen LogP contribution in [0.25, 0.3) is 21.2 Å². The molecule has 0 spiro atoms.